The van der Waals surface area contributed by atoms with Crippen molar-refractivity contribution in [2.24, 2.45) is 5.10 Å². The Hall–Kier alpha value is -3.64. The molecule has 0 aliphatic rings. The van der Waals surface area contributed by atoms with Gasteiger partial charge in [0.15, 0.2) is 0 Å². The second kappa shape index (κ2) is 20.6. The number of ether oxygens (including phenoxy) is 1. The zero-order valence-electron chi connectivity index (χ0n) is 17.5. The van der Waals surface area contributed by atoms with Crippen LogP contribution in [-0.2, 0) is 32.5 Å². The first-order valence-corrected chi connectivity index (χ1v) is 8.38. The topological polar surface area (TPSA) is 185 Å². The maximum Gasteiger partial charge on any atom is 2.00 e. The Balaban J connectivity index is -0.000000544. The maximum atomic E-state index is 11.6. The van der Waals surface area contributed by atoms with E-state index in [0.29, 0.717) is 5.56 Å². The van der Waals surface area contributed by atoms with Crippen LogP contribution in [0.2, 0.25) is 0 Å². The van der Waals surface area contributed by atoms with Crippen LogP contribution in [-0.4, -0.2) is 35.2 Å². The zero-order chi connectivity index (χ0) is 21.3. The van der Waals surface area contributed by atoms with Crippen LogP contribution >= 0.6 is 0 Å². The molecular formula is C21H26CoN4O6+2. The van der Waals surface area contributed by atoms with E-state index in [1.807, 2.05) is 36.4 Å². The van der Waals surface area contributed by atoms with Crippen LogP contribution in [0.15, 0.2) is 84.5 Å². The van der Waals surface area contributed by atoms with Gasteiger partial charge in [0.2, 0.25) is 0 Å². The summed E-state index contributed by atoms with van der Waals surface area (Å²) < 4.78 is 5.09. The molecule has 6 N–H and O–H groups in total. The molecule has 32 heavy (non-hydrogen) atoms. The molecule has 2 heterocycles. The molecule has 3 rings (SSSR count). The van der Waals surface area contributed by atoms with Crippen LogP contribution in [0.25, 0.3) is 5.43 Å². The van der Waals surface area contributed by atoms with Gasteiger partial charge >= 0.3 is 16.8 Å². The van der Waals surface area contributed by atoms with Crippen molar-refractivity contribution in [1.29, 1.82) is 0 Å². The Morgan fingerprint density at radius 3 is 2.00 bits per heavy atom. The van der Waals surface area contributed by atoms with Crippen LogP contribution in [0.4, 0.5) is 0 Å². The van der Waals surface area contributed by atoms with Gasteiger partial charge in [-0.05, 0) is 48.9 Å². The molecular weight excluding hydrogens is 463 g/mol. The molecule has 0 spiro atoms. The van der Waals surface area contributed by atoms with Crippen molar-refractivity contribution in [3.8, 4) is 5.75 Å². The van der Waals surface area contributed by atoms with Gasteiger partial charge in [-0.25, -0.2) is 0 Å². The van der Waals surface area contributed by atoms with Gasteiger partial charge in [0.1, 0.15) is 5.75 Å². The first-order chi connectivity index (χ1) is 14.0. The van der Waals surface area contributed by atoms with Gasteiger partial charge in [-0.3, -0.25) is 9.97 Å². The predicted octanol–water partition coefficient (Wildman–Crippen LogP) is 0.630. The van der Waals surface area contributed by atoms with Gasteiger partial charge in [-0.15, -0.1) is 0 Å². The molecule has 173 valence electrons. The minimum absolute atomic E-state index is 0. The largest absolute Gasteiger partial charge is 2.00 e. The Kier molecular flexibility index (Phi) is 21.3. The van der Waals surface area contributed by atoms with E-state index in [1.165, 1.54) is 18.6 Å². The number of nitrogens with zero attached hydrogens (tertiary/aromatic N) is 4. The number of pyridine rings is 2. The number of aliphatic carboxylic acids is 1. The molecule has 0 saturated heterocycles. The fourth-order valence-corrected chi connectivity index (χ4v) is 1.73. The number of carboxylic acid groups (broad SMARTS) is 1. The number of carboxylic acids is 1. The summed E-state index contributed by atoms with van der Waals surface area (Å²) in [5, 5.41) is 12.7. The van der Waals surface area contributed by atoms with Crippen molar-refractivity contribution in [2.75, 3.05) is 7.11 Å². The molecule has 2 aromatic heterocycles. The number of carbonyl (C=O) groups excluding carboxylic acids is 2. The van der Waals surface area contributed by atoms with Gasteiger partial charge in [0, 0.05) is 42.5 Å². The summed E-state index contributed by atoms with van der Waals surface area (Å²) in [7, 11) is 1.59. The molecule has 0 unspecified atom stereocenters. The van der Waals surface area contributed by atoms with Gasteiger partial charge in [0.05, 0.1) is 13.0 Å². The van der Waals surface area contributed by atoms with Crippen LogP contribution in [0, 0.1) is 0 Å². The SMILES string of the molecule is CC(=O)[O-].COc1cccc(/C=N\[N-]C(=O)c2ccncc2)c1.[Co+2].[OH3+].[OH3+].c1ccncc1. The van der Waals surface area contributed by atoms with E-state index in [2.05, 4.69) is 20.5 Å². The minimum atomic E-state index is -1.08. The molecule has 3 aromatic rings. The molecule has 1 aromatic carbocycles. The Labute approximate surface area is 196 Å². The third kappa shape index (κ3) is 16.2. The third-order valence-electron chi connectivity index (χ3n) is 2.94. The average molecular weight is 489 g/mol. The summed E-state index contributed by atoms with van der Waals surface area (Å²) in [6.07, 6.45) is 8.07. The fourth-order valence-electron chi connectivity index (χ4n) is 1.73. The normalized spacial score (nSPS) is 8.44. The number of aromatic nitrogens is 2. The molecule has 0 fully saturated rings. The summed E-state index contributed by atoms with van der Waals surface area (Å²) in [6, 6.07) is 16.2. The third-order valence-corrected chi connectivity index (χ3v) is 2.94. The number of benzene rings is 1. The van der Waals surface area contributed by atoms with Gasteiger partial charge in [0.25, 0.3) is 0 Å². The number of methoxy groups -OCH3 is 1. The number of carbonyl (C=O) groups is 2. The van der Waals surface area contributed by atoms with Crippen molar-refractivity contribution in [2.45, 2.75) is 6.92 Å². The number of rotatable bonds is 4. The molecule has 1 radical (unpaired) electrons. The second-order valence-electron chi connectivity index (χ2n) is 5.18. The number of hydrogen-bond donors (Lipinski definition) is 0. The van der Waals surface area contributed by atoms with Crippen LogP contribution in [0.3, 0.4) is 0 Å². The van der Waals surface area contributed by atoms with Crippen molar-refractivity contribution < 1.29 is 47.2 Å². The molecule has 0 aliphatic heterocycles. The average Bonchev–Trinajstić information content (AvgIpc) is 2.76. The van der Waals surface area contributed by atoms with E-state index < -0.39 is 11.9 Å². The summed E-state index contributed by atoms with van der Waals surface area (Å²) >= 11 is 0. The van der Waals surface area contributed by atoms with Gasteiger partial charge < -0.3 is 40.9 Å². The van der Waals surface area contributed by atoms with Crippen molar-refractivity contribution >= 4 is 18.1 Å². The van der Waals surface area contributed by atoms with Crippen LogP contribution < -0.4 is 9.84 Å². The standard InChI is InChI=1S/C14H13N3O2.C5H5N.C2H4O2.Co.2H2O/c1-19-13-4-2-3-11(9-13)10-16-17-14(18)12-5-7-15-8-6-12;1-2-4-6-5-3-1;1-2(3)4;;;/h2-10H,1H3,(H,17,18);1-5H;1H3,(H,3,4);;2*1H2/q;;;+2;;/b16-10-;;;;;. The molecule has 0 saturated carbocycles. The first-order valence-electron chi connectivity index (χ1n) is 8.38. The monoisotopic (exact) mass is 489 g/mol. The Morgan fingerprint density at radius 1 is 0.969 bits per heavy atom. The Bertz CT molecular complexity index is 868. The zero-order valence-corrected chi connectivity index (χ0v) is 18.5. The summed E-state index contributed by atoms with van der Waals surface area (Å²) in [6.45, 7) is 0.972. The van der Waals surface area contributed by atoms with Crippen molar-refractivity contribution in [3.05, 3.63) is 95.9 Å². The molecule has 0 bridgehead atoms. The van der Waals surface area contributed by atoms with Crippen molar-refractivity contribution in [1.82, 2.24) is 9.97 Å². The predicted molar refractivity (Wildman–Crippen MR) is 117 cm³/mol. The van der Waals surface area contributed by atoms with Crippen molar-refractivity contribution in [3.63, 3.8) is 0 Å². The van der Waals surface area contributed by atoms with E-state index in [9.17, 15) is 4.79 Å². The second-order valence-corrected chi connectivity index (χ2v) is 5.18. The van der Waals surface area contributed by atoms with Gasteiger partial charge in [-0.2, -0.15) is 0 Å². The summed E-state index contributed by atoms with van der Waals surface area (Å²) in [5.74, 6) is -0.758. The first kappa shape index (κ1) is 33.0. The Morgan fingerprint density at radius 2 is 1.53 bits per heavy atom. The number of hydrogen-bond acceptors (Lipinski definition) is 7. The maximum absolute atomic E-state index is 11.6. The molecule has 11 heteroatoms. The van der Waals surface area contributed by atoms with E-state index in [4.69, 9.17) is 14.6 Å². The number of amides is 1. The molecule has 0 atom stereocenters. The van der Waals surface area contributed by atoms with E-state index in [-0.39, 0.29) is 27.7 Å². The summed E-state index contributed by atoms with van der Waals surface area (Å²) in [4.78, 5) is 28.1. The molecule has 1 amide bonds. The quantitative estimate of drug-likeness (QED) is 0.294. The van der Waals surface area contributed by atoms with E-state index >= 15 is 0 Å². The molecule has 10 nitrogen and oxygen atoms in total. The summed E-state index contributed by atoms with van der Waals surface area (Å²) in [5.41, 5.74) is 4.87. The van der Waals surface area contributed by atoms with Crippen LogP contribution in [0.1, 0.15) is 22.8 Å². The minimum Gasteiger partial charge on any atom is -0.550 e. The smallest absolute Gasteiger partial charge is 0.550 e. The van der Waals surface area contributed by atoms with E-state index in [0.717, 1.165) is 18.2 Å². The fraction of sp³-hybridized carbons (Fsp3) is 0.0952. The molecule has 0 aliphatic carbocycles. The van der Waals surface area contributed by atoms with E-state index in [1.54, 1.807) is 37.7 Å². The van der Waals surface area contributed by atoms with Crippen LogP contribution in [0.5, 0.6) is 5.75 Å². The van der Waals surface area contributed by atoms with Gasteiger partial charge in [-0.1, -0.05) is 18.2 Å².